The first-order chi connectivity index (χ1) is 9.84. The number of ether oxygens (including phenoxy) is 1. The summed E-state index contributed by atoms with van der Waals surface area (Å²) in [4.78, 5) is 24.9. The van der Waals surface area contributed by atoms with Crippen molar-refractivity contribution in [2.24, 2.45) is 0 Å². The summed E-state index contributed by atoms with van der Waals surface area (Å²) >= 11 is 0. The maximum atomic E-state index is 12.2. The van der Waals surface area contributed by atoms with Gasteiger partial charge in [0.15, 0.2) is 0 Å². The first kappa shape index (κ1) is 15.0. The molecular weight excluding hydrogens is 268 g/mol. The Morgan fingerprint density at radius 1 is 1.43 bits per heavy atom. The largest absolute Gasteiger partial charge is 0.444 e. The lowest BCUT2D eigenvalue weighted by Crippen LogP contribution is -2.47. The number of hydrogen-bond acceptors (Lipinski definition) is 4. The smallest absolute Gasteiger partial charge is 0.411 e. The fraction of sp³-hybridized carbons (Fsp3) is 0.438. The highest BCUT2D eigenvalue weighted by Gasteiger charge is 2.32. The topological polar surface area (TPSA) is 70.4 Å². The molecular formula is C16H18N2O3. The number of hydrogen-bond donors (Lipinski definition) is 0. The maximum Gasteiger partial charge on any atom is 0.411 e. The minimum Gasteiger partial charge on any atom is -0.444 e. The summed E-state index contributed by atoms with van der Waals surface area (Å²) in [5.74, 6) is 0. The predicted octanol–water partition coefficient (Wildman–Crippen LogP) is 2.42. The number of fused-ring (bicyclic) bond motifs is 1. The van der Waals surface area contributed by atoms with Gasteiger partial charge in [0, 0.05) is 6.42 Å². The van der Waals surface area contributed by atoms with Crippen molar-refractivity contribution in [1.82, 2.24) is 4.90 Å². The van der Waals surface area contributed by atoms with Gasteiger partial charge in [-0.3, -0.25) is 4.90 Å². The molecule has 0 aliphatic carbocycles. The predicted molar refractivity (Wildman–Crippen MR) is 76.5 cm³/mol. The molecule has 1 heterocycles. The van der Waals surface area contributed by atoms with Crippen molar-refractivity contribution in [3.63, 3.8) is 0 Å². The molecule has 1 aliphatic rings. The van der Waals surface area contributed by atoms with Crippen molar-refractivity contribution in [3.05, 3.63) is 34.9 Å². The van der Waals surface area contributed by atoms with Crippen LogP contribution in [0.4, 0.5) is 4.79 Å². The van der Waals surface area contributed by atoms with E-state index in [0.29, 0.717) is 12.0 Å². The Bertz CT molecular complexity index is 611. The van der Waals surface area contributed by atoms with Gasteiger partial charge in [-0.25, -0.2) is 4.79 Å². The van der Waals surface area contributed by atoms with Crippen molar-refractivity contribution < 1.29 is 14.3 Å². The van der Waals surface area contributed by atoms with Gasteiger partial charge in [-0.15, -0.1) is 0 Å². The van der Waals surface area contributed by atoms with E-state index in [0.717, 1.165) is 17.4 Å². The lowest BCUT2D eigenvalue weighted by molar-refractivity contribution is -0.113. The van der Waals surface area contributed by atoms with Gasteiger partial charge in [-0.2, -0.15) is 5.26 Å². The molecule has 5 nitrogen and oxygen atoms in total. The van der Waals surface area contributed by atoms with Crippen LogP contribution in [0.25, 0.3) is 0 Å². The van der Waals surface area contributed by atoms with Gasteiger partial charge in [0.05, 0.1) is 24.2 Å². The normalized spacial score (nSPS) is 17.6. The molecule has 0 fully saturated rings. The lowest BCUT2D eigenvalue weighted by atomic mass is 9.93. The highest BCUT2D eigenvalue weighted by atomic mass is 16.6. The Kier molecular flexibility index (Phi) is 3.99. The zero-order chi connectivity index (χ0) is 15.6. The van der Waals surface area contributed by atoms with Crippen molar-refractivity contribution in [1.29, 1.82) is 5.26 Å². The van der Waals surface area contributed by atoms with E-state index in [1.807, 2.05) is 6.07 Å². The second kappa shape index (κ2) is 5.57. The zero-order valence-electron chi connectivity index (χ0n) is 12.4. The lowest BCUT2D eigenvalue weighted by Gasteiger charge is -2.35. The Balaban J connectivity index is 2.28. The quantitative estimate of drug-likeness (QED) is 0.743. The summed E-state index contributed by atoms with van der Waals surface area (Å²) in [6.45, 7) is 5.63. The monoisotopic (exact) mass is 286 g/mol. The molecule has 1 atom stereocenters. The van der Waals surface area contributed by atoms with E-state index in [1.165, 1.54) is 4.90 Å². The molecule has 110 valence electrons. The first-order valence-electron chi connectivity index (χ1n) is 6.81. The average molecular weight is 286 g/mol. The first-order valence-corrected chi connectivity index (χ1v) is 6.81. The zero-order valence-corrected chi connectivity index (χ0v) is 12.4. The minimum atomic E-state index is -0.612. The van der Waals surface area contributed by atoms with Crippen LogP contribution in [-0.4, -0.2) is 28.9 Å². The number of nitrogens with zero attached hydrogens (tertiary/aromatic N) is 2. The van der Waals surface area contributed by atoms with Crippen molar-refractivity contribution in [3.8, 4) is 6.07 Å². The molecule has 2 rings (SSSR count). The van der Waals surface area contributed by atoms with E-state index in [-0.39, 0.29) is 6.54 Å². The number of rotatable bonds is 1. The number of nitriles is 1. The molecule has 1 aromatic rings. The summed E-state index contributed by atoms with van der Waals surface area (Å²) in [6.07, 6.45) is 0.710. The van der Waals surface area contributed by atoms with Crippen LogP contribution in [0.5, 0.6) is 0 Å². The molecule has 0 bridgehead atoms. The standard InChI is InChI=1S/C16H18N2O3/c1-16(2,3)21-15(20)18-9-13-6-11(8-17)4-5-12(13)7-14(18)10-19/h4-6,10,14H,7,9H2,1-3H3/t14-/m0/s1. The average Bonchev–Trinajstić information content (AvgIpc) is 2.43. The van der Waals surface area contributed by atoms with Crippen LogP contribution in [0.2, 0.25) is 0 Å². The number of benzene rings is 1. The molecule has 21 heavy (non-hydrogen) atoms. The van der Waals surface area contributed by atoms with Crippen LogP contribution in [0.15, 0.2) is 18.2 Å². The summed E-state index contributed by atoms with van der Waals surface area (Å²) in [7, 11) is 0. The molecule has 1 amide bonds. The Hall–Kier alpha value is -2.35. The molecule has 0 N–H and O–H groups in total. The Morgan fingerprint density at radius 2 is 2.14 bits per heavy atom. The minimum absolute atomic E-state index is 0.281. The van der Waals surface area contributed by atoms with E-state index < -0.39 is 17.7 Å². The van der Waals surface area contributed by atoms with E-state index in [9.17, 15) is 9.59 Å². The third-order valence-corrected chi connectivity index (χ3v) is 3.29. The molecule has 0 saturated heterocycles. The van der Waals surface area contributed by atoms with Crippen LogP contribution in [0, 0.1) is 11.3 Å². The number of amides is 1. The summed E-state index contributed by atoms with van der Waals surface area (Å²) in [6, 6.07) is 6.88. The third-order valence-electron chi connectivity index (χ3n) is 3.29. The van der Waals surface area contributed by atoms with Crippen molar-refractivity contribution in [2.45, 2.75) is 45.4 Å². The van der Waals surface area contributed by atoms with Crippen LogP contribution in [0.1, 0.15) is 37.5 Å². The third kappa shape index (κ3) is 3.40. The molecule has 0 aromatic heterocycles. The summed E-state index contributed by atoms with van der Waals surface area (Å²) in [5, 5.41) is 8.95. The van der Waals surface area contributed by atoms with E-state index in [4.69, 9.17) is 10.00 Å². The summed E-state index contributed by atoms with van der Waals surface area (Å²) in [5.41, 5.74) is 1.81. The summed E-state index contributed by atoms with van der Waals surface area (Å²) < 4.78 is 5.34. The van der Waals surface area contributed by atoms with Gasteiger partial charge < -0.3 is 9.53 Å². The molecule has 0 radical (unpaired) electrons. The van der Waals surface area contributed by atoms with Crippen LogP contribution in [0.3, 0.4) is 0 Å². The second-order valence-electron chi connectivity index (χ2n) is 6.11. The molecule has 5 heteroatoms. The van der Waals surface area contributed by atoms with E-state index >= 15 is 0 Å². The maximum absolute atomic E-state index is 12.2. The van der Waals surface area contributed by atoms with Gasteiger partial charge in [-0.1, -0.05) is 6.07 Å². The fourth-order valence-corrected chi connectivity index (χ4v) is 2.32. The Morgan fingerprint density at radius 3 is 2.71 bits per heavy atom. The Labute approximate surface area is 124 Å². The highest BCUT2D eigenvalue weighted by Crippen LogP contribution is 2.25. The highest BCUT2D eigenvalue weighted by molar-refractivity contribution is 5.75. The van der Waals surface area contributed by atoms with Crippen LogP contribution in [-0.2, 0) is 22.5 Å². The number of carbonyl (C=O) groups excluding carboxylic acids is 2. The molecule has 0 unspecified atom stereocenters. The molecule has 1 aliphatic heterocycles. The van der Waals surface area contributed by atoms with Gasteiger partial charge in [0.1, 0.15) is 11.9 Å². The van der Waals surface area contributed by atoms with E-state index in [2.05, 4.69) is 6.07 Å². The number of aldehydes is 1. The van der Waals surface area contributed by atoms with Gasteiger partial charge >= 0.3 is 6.09 Å². The second-order valence-corrected chi connectivity index (χ2v) is 6.11. The molecule has 0 saturated carbocycles. The number of carbonyl (C=O) groups is 2. The van der Waals surface area contributed by atoms with Crippen LogP contribution < -0.4 is 0 Å². The van der Waals surface area contributed by atoms with E-state index in [1.54, 1.807) is 32.9 Å². The SMILES string of the molecule is CC(C)(C)OC(=O)N1Cc2cc(C#N)ccc2C[C@H]1C=O. The van der Waals surface area contributed by atoms with Gasteiger partial charge in [0.2, 0.25) is 0 Å². The van der Waals surface area contributed by atoms with Crippen molar-refractivity contribution >= 4 is 12.4 Å². The van der Waals surface area contributed by atoms with Gasteiger partial charge in [-0.05, 0) is 44.0 Å². The molecule has 0 spiro atoms. The van der Waals surface area contributed by atoms with Gasteiger partial charge in [0.25, 0.3) is 0 Å². The van der Waals surface area contributed by atoms with Crippen molar-refractivity contribution in [2.75, 3.05) is 0 Å². The molecule has 1 aromatic carbocycles. The van der Waals surface area contributed by atoms with Crippen LogP contribution >= 0.6 is 0 Å². The fourth-order valence-electron chi connectivity index (χ4n) is 2.32.